The van der Waals surface area contributed by atoms with Crippen molar-refractivity contribution in [3.8, 4) is 17.3 Å². The zero-order chi connectivity index (χ0) is 20.0. The first-order chi connectivity index (χ1) is 12.7. The molecule has 0 spiro atoms. The number of aromatic nitrogens is 2. The van der Waals surface area contributed by atoms with Crippen LogP contribution in [-0.2, 0) is 17.4 Å². The van der Waals surface area contributed by atoms with E-state index in [9.17, 15) is 18.0 Å². The Hall–Kier alpha value is -2.99. The number of carbonyl (C=O) groups is 1. The molecule has 0 unspecified atom stereocenters. The van der Waals surface area contributed by atoms with Gasteiger partial charge in [0, 0.05) is 11.3 Å². The number of nitrogens with two attached hydrogens (primary N) is 1. The molecular formula is C18H18F3N5O. The van der Waals surface area contributed by atoms with Crippen molar-refractivity contribution in [1.29, 1.82) is 5.26 Å². The molecule has 6 nitrogen and oxygen atoms in total. The Bertz CT molecular complexity index is 861. The summed E-state index contributed by atoms with van der Waals surface area (Å²) in [6.45, 7) is 0.705. The number of amides is 1. The summed E-state index contributed by atoms with van der Waals surface area (Å²) in [5.41, 5.74) is 5.40. The molecule has 0 saturated carbocycles. The highest BCUT2D eigenvalue weighted by Crippen LogP contribution is 2.31. The van der Waals surface area contributed by atoms with E-state index in [1.807, 2.05) is 6.07 Å². The Morgan fingerprint density at radius 3 is 2.67 bits per heavy atom. The fourth-order valence-electron chi connectivity index (χ4n) is 2.55. The molecular weight excluding hydrogens is 359 g/mol. The maximum absolute atomic E-state index is 12.9. The van der Waals surface area contributed by atoms with Gasteiger partial charge >= 0.3 is 6.18 Å². The lowest BCUT2D eigenvalue weighted by atomic mass is 10.1. The standard InChI is InChI=1S/C18H18F3N5O/c1-26(11-16(23)27)7-3-6-14-9-15(25-17(10-22)24-14)12-4-2-5-13(8-12)18(19,20)21/h2,4-5,8-9H,3,6-7,11H2,1H3,(H2,23,27). The maximum atomic E-state index is 12.9. The number of hydrogen-bond donors (Lipinski definition) is 1. The topological polar surface area (TPSA) is 95.9 Å². The number of nitriles is 1. The number of nitrogens with zero attached hydrogens (tertiary/aromatic N) is 4. The molecule has 0 saturated heterocycles. The van der Waals surface area contributed by atoms with Gasteiger partial charge in [0.2, 0.25) is 11.7 Å². The molecule has 1 amide bonds. The van der Waals surface area contributed by atoms with Crippen LogP contribution in [0.15, 0.2) is 30.3 Å². The summed E-state index contributed by atoms with van der Waals surface area (Å²) >= 11 is 0. The van der Waals surface area contributed by atoms with Gasteiger partial charge in [-0.3, -0.25) is 9.69 Å². The number of hydrogen-bond acceptors (Lipinski definition) is 5. The monoisotopic (exact) mass is 377 g/mol. The van der Waals surface area contributed by atoms with E-state index in [1.165, 1.54) is 12.1 Å². The van der Waals surface area contributed by atoms with Gasteiger partial charge in [0.1, 0.15) is 6.07 Å². The number of alkyl halides is 3. The molecule has 2 rings (SSSR count). The molecule has 1 heterocycles. The predicted octanol–water partition coefficient (Wildman–Crippen LogP) is 2.38. The van der Waals surface area contributed by atoms with Crippen LogP contribution < -0.4 is 5.73 Å². The minimum absolute atomic E-state index is 0.106. The molecule has 2 N–H and O–H groups in total. The van der Waals surface area contributed by atoms with E-state index < -0.39 is 17.6 Å². The van der Waals surface area contributed by atoms with Crippen molar-refractivity contribution < 1.29 is 18.0 Å². The van der Waals surface area contributed by atoms with E-state index in [1.54, 1.807) is 18.0 Å². The van der Waals surface area contributed by atoms with Crippen molar-refractivity contribution in [3.05, 3.63) is 47.4 Å². The van der Waals surface area contributed by atoms with Gasteiger partial charge < -0.3 is 5.73 Å². The quantitative estimate of drug-likeness (QED) is 0.799. The Balaban J connectivity index is 2.21. The van der Waals surface area contributed by atoms with E-state index in [0.29, 0.717) is 25.1 Å². The number of carbonyl (C=O) groups excluding carboxylic acids is 1. The Kier molecular flexibility index (Phi) is 6.47. The summed E-state index contributed by atoms with van der Waals surface area (Å²) in [5.74, 6) is -0.538. The lowest BCUT2D eigenvalue weighted by molar-refractivity contribution is -0.137. The molecule has 27 heavy (non-hydrogen) atoms. The fraction of sp³-hybridized carbons (Fsp3) is 0.333. The van der Waals surface area contributed by atoms with Crippen LogP contribution in [0.2, 0.25) is 0 Å². The number of primary amides is 1. The van der Waals surface area contributed by atoms with Crippen molar-refractivity contribution in [2.24, 2.45) is 5.73 Å². The molecule has 0 aliphatic heterocycles. The first-order valence-electron chi connectivity index (χ1n) is 8.11. The van der Waals surface area contributed by atoms with Crippen LogP contribution >= 0.6 is 0 Å². The molecule has 2 aromatic rings. The number of likely N-dealkylation sites (N-methyl/N-ethyl adjacent to an activating group) is 1. The molecule has 1 aromatic carbocycles. The van der Waals surface area contributed by atoms with Crippen molar-refractivity contribution >= 4 is 5.91 Å². The molecule has 0 aliphatic rings. The Morgan fingerprint density at radius 2 is 2.04 bits per heavy atom. The Morgan fingerprint density at radius 1 is 1.30 bits per heavy atom. The molecule has 0 radical (unpaired) electrons. The van der Waals surface area contributed by atoms with Crippen molar-refractivity contribution in [3.63, 3.8) is 0 Å². The van der Waals surface area contributed by atoms with Gasteiger partial charge in [0.25, 0.3) is 0 Å². The second-order valence-electron chi connectivity index (χ2n) is 6.07. The largest absolute Gasteiger partial charge is 0.416 e. The number of rotatable bonds is 7. The second kappa shape index (κ2) is 8.60. The minimum atomic E-state index is -4.46. The van der Waals surface area contributed by atoms with Gasteiger partial charge in [0.15, 0.2) is 0 Å². The fourth-order valence-corrected chi connectivity index (χ4v) is 2.55. The summed E-state index contributed by atoms with van der Waals surface area (Å²) in [5, 5.41) is 9.12. The van der Waals surface area contributed by atoms with Gasteiger partial charge in [-0.1, -0.05) is 12.1 Å². The molecule has 0 fully saturated rings. The zero-order valence-electron chi connectivity index (χ0n) is 14.6. The highest BCUT2D eigenvalue weighted by molar-refractivity contribution is 5.75. The molecule has 142 valence electrons. The molecule has 1 aromatic heterocycles. The molecule has 0 atom stereocenters. The normalized spacial score (nSPS) is 11.4. The lowest BCUT2D eigenvalue weighted by Gasteiger charge is -2.14. The third-order valence-corrected chi connectivity index (χ3v) is 3.76. The van der Waals surface area contributed by atoms with Crippen molar-refractivity contribution in [1.82, 2.24) is 14.9 Å². The second-order valence-corrected chi connectivity index (χ2v) is 6.07. The van der Waals surface area contributed by atoms with E-state index >= 15 is 0 Å². The summed E-state index contributed by atoms with van der Waals surface area (Å²) < 4.78 is 38.8. The van der Waals surface area contributed by atoms with Crippen LogP contribution in [-0.4, -0.2) is 40.9 Å². The zero-order valence-corrected chi connectivity index (χ0v) is 14.6. The van der Waals surface area contributed by atoms with E-state index in [0.717, 1.165) is 12.1 Å². The van der Waals surface area contributed by atoms with E-state index in [4.69, 9.17) is 11.0 Å². The van der Waals surface area contributed by atoms with Gasteiger partial charge in [-0.15, -0.1) is 0 Å². The van der Waals surface area contributed by atoms with Crippen LogP contribution in [0.3, 0.4) is 0 Å². The first kappa shape index (κ1) is 20.3. The average Bonchev–Trinajstić information content (AvgIpc) is 2.60. The number of aryl methyl sites for hydroxylation is 1. The maximum Gasteiger partial charge on any atom is 0.416 e. The van der Waals surface area contributed by atoms with Gasteiger partial charge in [-0.25, -0.2) is 9.97 Å². The summed E-state index contributed by atoms with van der Waals surface area (Å²) in [7, 11) is 1.75. The van der Waals surface area contributed by atoms with Gasteiger partial charge in [-0.2, -0.15) is 18.4 Å². The summed E-state index contributed by atoms with van der Waals surface area (Å²) in [6, 6.07) is 8.18. The van der Waals surface area contributed by atoms with Gasteiger partial charge in [-0.05, 0) is 44.6 Å². The van der Waals surface area contributed by atoms with Crippen LogP contribution in [0.25, 0.3) is 11.3 Å². The lowest BCUT2D eigenvalue weighted by Crippen LogP contribution is -2.31. The van der Waals surface area contributed by atoms with E-state index in [-0.39, 0.29) is 23.6 Å². The highest BCUT2D eigenvalue weighted by atomic mass is 19.4. The molecule has 0 aliphatic carbocycles. The Labute approximate surface area is 154 Å². The van der Waals surface area contributed by atoms with E-state index in [2.05, 4.69) is 9.97 Å². The van der Waals surface area contributed by atoms with Crippen LogP contribution in [0.4, 0.5) is 13.2 Å². The summed E-state index contributed by atoms with van der Waals surface area (Å²) in [4.78, 5) is 20.7. The molecule has 0 bridgehead atoms. The SMILES string of the molecule is CN(CCCc1cc(-c2cccc(C(F)(F)F)c2)nc(C#N)n1)CC(N)=O. The van der Waals surface area contributed by atoms with Crippen LogP contribution in [0, 0.1) is 11.3 Å². The minimum Gasteiger partial charge on any atom is -0.369 e. The predicted molar refractivity (Wildman–Crippen MR) is 92.2 cm³/mol. The van der Waals surface area contributed by atoms with Crippen molar-refractivity contribution in [2.75, 3.05) is 20.1 Å². The molecule has 9 heteroatoms. The number of benzene rings is 1. The smallest absolute Gasteiger partial charge is 0.369 e. The average molecular weight is 377 g/mol. The van der Waals surface area contributed by atoms with Crippen LogP contribution in [0.1, 0.15) is 23.5 Å². The van der Waals surface area contributed by atoms with Gasteiger partial charge in [0.05, 0.1) is 17.8 Å². The first-order valence-corrected chi connectivity index (χ1v) is 8.11. The third-order valence-electron chi connectivity index (χ3n) is 3.76. The highest BCUT2D eigenvalue weighted by Gasteiger charge is 2.30. The number of halogens is 3. The van der Waals surface area contributed by atoms with Crippen molar-refractivity contribution in [2.45, 2.75) is 19.0 Å². The summed E-state index contributed by atoms with van der Waals surface area (Å²) in [6.07, 6.45) is -3.35. The third kappa shape index (κ3) is 6.04. The van der Waals surface area contributed by atoms with Crippen LogP contribution in [0.5, 0.6) is 0 Å².